The first kappa shape index (κ1) is 15.2. The molecule has 2 heteroatoms. The van der Waals surface area contributed by atoms with Crippen molar-refractivity contribution >= 4 is 5.78 Å². The first-order chi connectivity index (χ1) is 6.84. The molecular weight excluding hydrogens is 228 g/mol. The Morgan fingerprint density at radius 3 is 1.67 bits per heavy atom. The van der Waals surface area contributed by atoms with E-state index < -0.39 is 0 Å². The molecule has 0 aromatic rings. The molecule has 78 valence electrons. The van der Waals surface area contributed by atoms with Crippen LogP contribution in [0.25, 0.3) is 0 Å². The van der Waals surface area contributed by atoms with Gasteiger partial charge in [-0.15, -0.1) is 0 Å². The summed E-state index contributed by atoms with van der Waals surface area (Å²) in [5, 5.41) is 0. The van der Waals surface area contributed by atoms with Gasteiger partial charge in [0.2, 0.25) is 0 Å². The third-order valence-corrected chi connectivity index (χ3v) is 1.86. The Kier molecular flexibility index (Phi) is 9.54. The smallest absolute Gasteiger partial charge is 0.299 e. The van der Waals surface area contributed by atoms with Crippen molar-refractivity contribution in [1.29, 1.82) is 0 Å². The van der Waals surface area contributed by atoms with Crippen LogP contribution >= 0.6 is 0 Å². The van der Waals surface area contributed by atoms with Gasteiger partial charge in [0.1, 0.15) is 5.78 Å². The predicted octanol–water partition coefficient (Wildman–Crippen LogP) is 2.39. The summed E-state index contributed by atoms with van der Waals surface area (Å²) in [6, 6.07) is 0. The van der Waals surface area contributed by atoms with Gasteiger partial charge in [-0.2, -0.15) is 0 Å². The molecule has 2 aliphatic carbocycles. The van der Waals surface area contributed by atoms with Gasteiger partial charge in [0.15, 0.2) is 0 Å². The summed E-state index contributed by atoms with van der Waals surface area (Å²) >= 11 is 0. The molecule has 0 aromatic carbocycles. The maximum Gasteiger partial charge on any atom is 2.00 e. The van der Waals surface area contributed by atoms with Crippen LogP contribution in [0.15, 0.2) is 0 Å². The van der Waals surface area contributed by atoms with Crippen LogP contribution in [0, 0.1) is 63.7 Å². The second-order valence-corrected chi connectivity index (χ2v) is 2.91. The fraction of sp³-hybridized carbons (Fsp3) is 0.154. The molecule has 10 radical (unpaired) electrons. The summed E-state index contributed by atoms with van der Waals surface area (Å²) < 4.78 is 0. The van der Waals surface area contributed by atoms with Crippen molar-refractivity contribution in [3.05, 3.63) is 63.7 Å². The van der Waals surface area contributed by atoms with E-state index in [0.717, 1.165) is 5.92 Å². The Hall–Kier alpha value is 0.189. The van der Waals surface area contributed by atoms with Gasteiger partial charge in [-0.1, -0.05) is 6.92 Å². The Morgan fingerprint density at radius 2 is 1.33 bits per heavy atom. The van der Waals surface area contributed by atoms with Gasteiger partial charge < -0.3 is 0 Å². The monoisotopic (exact) mass is 242 g/mol. The van der Waals surface area contributed by atoms with E-state index in [4.69, 9.17) is 0 Å². The van der Waals surface area contributed by atoms with Crippen molar-refractivity contribution in [2.24, 2.45) is 0 Å². The molecule has 1 nitrogen and oxygen atoms in total. The molecule has 2 aliphatic rings. The van der Waals surface area contributed by atoms with Crippen LogP contribution < -0.4 is 0 Å². The summed E-state index contributed by atoms with van der Waals surface area (Å²) in [5.74, 6) is 1.05. The molecule has 15 heavy (non-hydrogen) atoms. The average molecular weight is 242 g/mol. The van der Waals surface area contributed by atoms with Crippen molar-refractivity contribution in [2.45, 2.75) is 13.3 Å². The van der Waals surface area contributed by atoms with Gasteiger partial charge in [0, 0.05) is 12.3 Å². The van der Waals surface area contributed by atoms with Crippen molar-refractivity contribution in [1.82, 2.24) is 0 Å². The number of carbonyl (C=O) groups excluding carboxylic acids is 1. The Morgan fingerprint density at radius 1 is 0.933 bits per heavy atom. The van der Waals surface area contributed by atoms with Crippen LogP contribution in [0.4, 0.5) is 0 Å². The SMILES string of the molecule is CCC(=O)[C]1[CH][CH][CH][CH]1.[CH]1[CH][CH][CH][CH]1.[Fe+2]. The summed E-state index contributed by atoms with van der Waals surface area (Å²) in [6.45, 7) is 1.87. The number of hydrogen-bond donors (Lipinski definition) is 0. The molecule has 0 heterocycles. The van der Waals surface area contributed by atoms with E-state index >= 15 is 0 Å². The molecule has 0 bridgehead atoms. The van der Waals surface area contributed by atoms with E-state index in [2.05, 4.69) is 0 Å². The van der Waals surface area contributed by atoms with Gasteiger partial charge in [-0.3, -0.25) is 4.79 Å². The van der Waals surface area contributed by atoms with Gasteiger partial charge in [-0.25, -0.2) is 0 Å². The molecule has 2 saturated carbocycles. The molecule has 0 N–H and O–H groups in total. The Labute approximate surface area is 105 Å². The molecule has 2 fully saturated rings. The van der Waals surface area contributed by atoms with E-state index in [1.165, 1.54) is 0 Å². The molecule has 0 atom stereocenters. The quantitative estimate of drug-likeness (QED) is 0.679. The maximum absolute atomic E-state index is 10.9. The molecule has 0 unspecified atom stereocenters. The molecular formula is C13H14FeO+2. The van der Waals surface area contributed by atoms with Crippen LogP contribution in [-0.2, 0) is 21.9 Å². The van der Waals surface area contributed by atoms with E-state index in [1.54, 1.807) is 0 Å². The van der Waals surface area contributed by atoms with Gasteiger partial charge in [0.25, 0.3) is 0 Å². The number of carbonyl (C=O) groups is 1. The topological polar surface area (TPSA) is 17.1 Å². The minimum absolute atomic E-state index is 0. The summed E-state index contributed by atoms with van der Waals surface area (Å²) in [6.07, 6.45) is 18.0. The number of hydrogen-bond acceptors (Lipinski definition) is 1. The minimum Gasteiger partial charge on any atom is -0.299 e. The first-order valence-corrected chi connectivity index (χ1v) is 4.76. The van der Waals surface area contributed by atoms with E-state index in [9.17, 15) is 4.79 Å². The average Bonchev–Trinajstić information content (AvgIpc) is 2.91. The summed E-state index contributed by atoms with van der Waals surface area (Å²) in [5.41, 5.74) is 0. The van der Waals surface area contributed by atoms with Gasteiger partial charge in [-0.05, 0) is 57.8 Å². The zero-order valence-electron chi connectivity index (χ0n) is 8.67. The van der Waals surface area contributed by atoms with Crippen molar-refractivity contribution in [3.63, 3.8) is 0 Å². The second-order valence-electron chi connectivity index (χ2n) is 2.91. The molecule has 0 aliphatic heterocycles. The third kappa shape index (κ3) is 6.37. The van der Waals surface area contributed by atoms with E-state index in [1.807, 2.05) is 64.7 Å². The van der Waals surface area contributed by atoms with Gasteiger partial charge >= 0.3 is 17.1 Å². The van der Waals surface area contributed by atoms with Crippen LogP contribution in [0.5, 0.6) is 0 Å². The van der Waals surface area contributed by atoms with Gasteiger partial charge in [0.05, 0.1) is 0 Å². The summed E-state index contributed by atoms with van der Waals surface area (Å²) in [7, 11) is 0. The zero-order chi connectivity index (χ0) is 10.2. The van der Waals surface area contributed by atoms with E-state index in [0.29, 0.717) is 6.42 Å². The van der Waals surface area contributed by atoms with Crippen molar-refractivity contribution in [2.75, 3.05) is 0 Å². The van der Waals surface area contributed by atoms with Crippen molar-refractivity contribution in [3.8, 4) is 0 Å². The maximum atomic E-state index is 10.9. The van der Waals surface area contributed by atoms with Crippen LogP contribution in [-0.4, -0.2) is 5.78 Å². The van der Waals surface area contributed by atoms with Crippen LogP contribution in [0.3, 0.4) is 0 Å². The number of ketones is 1. The fourth-order valence-corrected chi connectivity index (χ4v) is 1.08. The standard InChI is InChI=1S/C8H9O.C5H5.Fe/c1-2-8(9)7-5-3-4-6-7;1-2-4-5-3-1;/h3-6H,2H2,1H3;1-5H;/q;;+2. The normalized spacial score (nSPS) is 20.3. The fourth-order valence-electron chi connectivity index (χ4n) is 1.08. The van der Waals surface area contributed by atoms with Crippen LogP contribution in [0.1, 0.15) is 13.3 Å². The molecule has 0 aromatic heterocycles. The van der Waals surface area contributed by atoms with Crippen molar-refractivity contribution < 1.29 is 21.9 Å². The zero-order valence-corrected chi connectivity index (χ0v) is 9.77. The minimum atomic E-state index is 0. The first-order valence-electron chi connectivity index (χ1n) is 4.76. The number of rotatable bonds is 2. The summed E-state index contributed by atoms with van der Waals surface area (Å²) in [4.78, 5) is 10.9. The molecule has 0 spiro atoms. The second kappa shape index (κ2) is 9.42. The third-order valence-electron chi connectivity index (χ3n) is 1.86. The Balaban J connectivity index is 0.000000280. The molecule has 2 rings (SSSR count). The Bertz CT molecular complexity index is 150. The largest absolute Gasteiger partial charge is 2.00 e. The number of Topliss-reactive ketones (excluding diaryl/α,β-unsaturated/α-hetero) is 1. The van der Waals surface area contributed by atoms with E-state index in [-0.39, 0.29) is 22.9 Å². The van der Waals surface area contributed by atoms with Crippen LogP contribution in [0.2, 0.25) is 0 Å². The predicted molar refractivity (Wildman–Crippen MR) is 57.2 cm³/mol. The molecule has 0 saturated heterocycles. The molecule has 0 amide bonds.